The van der Waals surface area contributed by atoms with Crippen molar-refractivity contribution in [2.24, 2.45) is 17.8 Å². The van der Waals surface area contributed by atoms with Crippen molar-refractivity contribution >= 4 is 51.9 Å². The molecule has 0 radical (unpaired) electrons. The number of ether oxygens (including phenoxy) is 2. The number of hydrogen-bond acceptors (Lipinski definition) is 9. The molecule has 9 rings (SSSR count). The van der Waals surface area contributed by atoms with Crippen LogP contribution in [0.2, 0.25) is 0 Å². The molecule has 2 saturated heterocycles. The van der Waals surface area contributed by atoms with E-state index < -0.39 is 46.6 Å². The minimum Gasteiger partial charge on any atom is -0.460 e. The van der Waals surface area contributed by atoms with Crippen LogP contribution >= 0.6 is 22.6 Å². The summed E-state index contributed by atoms with van der Waals surface area (Å²) in [5, 5.41) is 11.9. The summed E-state index contributed by atoms with van der Waals surface area (Å²) in [6.45, 7) is 11.3. The zero-order valence-electron chi connectivity index (χ0n) is 39.9. The molecule has 1 saturated carbocycles. The van der Waals surface area contributed by atoms with Gasteiger partial charge in [0.05, 0.1) is 39.6 Å². The molecule has 4 aromatic rings. The quantitative estimate of drug-likeness (QED) is 0.0752. The van der Waals surface area contributed by atoms with Gasteiger partial charge in [-0.2, -0.15) is 10.2 Å². The van der Waals surface area contributed by atoms with Gasteiger partial charge in [-0.1, -0.05) is 26.2 Å². The van der Waals surface area contributed by atoms with E-state index in [1.807, 2.05) is 32.4 Å². The maximum absolute atomic E-state index is 13.4. The van der Waals surface area contributed by atoms with Gasteiger partial charge in [0, 0.05) is 63.1 Å². The molecule has 3 fully saturated rings. The second kappa shape index (κ2) is 23.0. The van der Waals surface area contributed by atoms with E-state index in [-0.39, 0.29) is 58.9 Å². The molecule has 2 aromatic heterocycles. The third kappa shape index (κ3) is 13.8. The highest BCUT2D eigenvalue weighted by Gasteiger charge is 2.41. The second-order valence-corrected chi connectivity index (χ2v) is 20.7. The molecule has 4 aliphatic heterocycles. The molecule has 19 heteroatoms. The third-order valence-electron chi connectivity index (χ3n) is 13.4. The highest BCUT2D eigenvalue weighted by atomic mass is 127. The van der Waals surface area contributed by atoms with E-state index >= 15 is 0 Å². The number of aryl methyl sites for hydroxylation is 2. The molecule has 0 spiro atoms. The first-order chi connectivity index (χ1) is 32.6. The van der Waals surface area contributed by atoms with Gasteiger partial charge in [-0.3, -0.25) is 28.6 Å². The summed E-state index contributed by atoms with van der Waals surface area (Å²) in [7, 11) is 2.10. The predicted octanol–water partition coefficient (Wildman–Crippen LogP) is 9.97. The Morgan fingerprint density at radius 1 is 0.739 bits per heavy atom. The number of esters is 1. The third-order valence-corrected chi connectivity index (χ3v) is 14.3. The molecule has 4 atom stereocenters. The minimum atomic E-state index is -1.55. The van der Waals surface area contributed by atoms with Gasteiger partial charge in [0.25, 0.3) is 0 Å². The van der Waals surface area contributed by atoms with E-state index in [4.69, 9.17) is 9.47 Å². The first-order valence-electron chi connectivity index (χ1n) is 23.5. The Morgan fingerprint density at radius 2 is 1.25 bits per heavy atom. The average molecular weight is 1080 g/mol. The van der Waals surface area contributed by atoms with Gasteiger partial charge >= 0.3 is 12.1 Å². The van der Waals surface area contributed by atoms with Crippen molar-refractivity contribution in [2.75, 3.05) is 18.5 Å². The van der Waals surface area contributed by atoms with Crippen LogP contribution in [0.15, 0.2) is 36.7 Å². The molecule has 6 heterocycles. The van der Waals surface area contributed by atoms with Gasteiger partial charge in [0.1, 0.15) is 22.8 Å². The van der Waals surface area contributed by atoms with Crippen molar-refractivity contribution in [3.63, 3.8) is 0 Å². The normalized spacial score (nSPS) is 22.1. The van der Waals surface area contributed by atoms with Crippen molar-refractivity contribution in [2.45, 2.75) is 148 Å². The Kier molecular flexibility index (Phi) is 17.8. The standard InChI is InChI=1S/C20H20F3N3O3.C15H12F3IN2O.C9H19N.C6H10O2/c1-20(2)10-25(19(28)29-20)16-9-24-26-4-3-12(8-15(16)26)17(27)7-11-5-13(21)18(23)14(22)6-11;16-10-3-8(4-11(17)15(10)18)5-14(22)9-1-2-21-13(6-9)12(19)7-20-21;1-3-8-6-4-5-7-9(8)10-2;1-6(2)4-3-5(7)8-6/h5-6,9,12H,3-4,7-8,10H2,1-2H3;3-4,7,9H,1-2,5-6H2;8-10H,3-7H2,1-2H3;3-4H2,1-2H3/t;;8-,9-;/m..1./s1. The number of carbonyl (C=O) groups excluding carboxylic acids is 4. The first-order valence-corrected chi connectivity index (χ1v) is 24.6. The number of benzene rings is 2. The van der Waals surface area contributed by atoms with Crippen LogP contribution in [0.25, 0.3) is 0 Å². The molecule has 0 bridgehead atoms. The molecule has 2 aromatic carbocycles. The lowest BCUT2D eigenvalue weighted by molar-refractivity contribution is -0.146. The molecule has 1 aliphatic carbocycles. The number of amides is 1. The fourth-order valence-corrected chi connectivity index (χ4v) is 10.2. The largest absolute Gasteiger partial charge is 0.460 e. The Bertz CT molecular complexity index is 2450. The Morgan fingerprint density at radius 3 is 1.68 bits per heavy atom. The zero-order chi connectivity index (χ0) is 50.4. The number of anilines is 1. The van der Waals surface area contributed by atoms with Crippen LogP contribution in [-0.2, 0) is 62.6 Å². The lowest BCUT2D eigenvalue weighted by Crippen LogP contribution is -2.35. The Balaban J connectivity index is 0.000000170. The lowest BCUT2D eigenvalue weighted by atomic mass is 9.83. The summed E-state index contributed by atoms with van der Waals surface area (Å²) in [5.41, 5.74) is 1.83. The molecular formula is C50H61F6IN6O6. The van der Waals surface area contributed by atoms with Gasteiger partial charge in [-0.05, 0) is 131 Å². The Labute approximate surface area is 412 Å². The zero-order valence-corrected chi connectivity index (χ0v) is 42.1. The van der Waals surface area contributed by atoms with Crippen LogP contribution in [0.5, 0.6) is 0 Å². The van der Waals surface area contributed by atoms with Crippen LogP contribution in [0.1, 0.15) is 115 Å². The summed E-state index contributed by atoms with van der Waals surface area (Å²) < 4.78 is 94.2. The van der Waals surface area contributed by atoms with Crippen molar-refractivity contribution in [1.82, 2.24) is 24.9 Å². The van der Waals surface area contributed by atoms with E-state index in [1.54, 1.807) is 17.1 Å². The van der Waals surface area contributed by atoms with Crippen LogP contribution in [0, 0.1) is 56.2 Å². The minimum absolute atomic E-state index is 0.0602. The van der Waals surface area contributed by atoms with Gasteiger partial charge in [-0.25, -0.2) is 31.1 Å². The topological polar surface area (TPSA) is 138 Å². The number of aromatic nitrogens is 4. The fourth-order valence-electron chi connectivity index (χ4n) is 9.54. The summed E-state index contributed by atoms with van der Waals surface area (Å²) in [4.78, 5) is 49.2. The molecule has 1 amide bonds. The summed E-state index contributed by atoms with van der Waals surface area (Å²) >= 11 is 2.17. The number of nitrogens with zero attached hydrogens (tertiary/aromatic N) is 5. The van der Waals surface area contributed by atoms with E-state index in [9.17, 15) is 45.5 Å². The highest BCUT2D eigenvalue weighted by Crippen LogP contribution is 2.35. The van der Waals surface area contributed by atoms with E-state index in [0.717, 1.165) is 57.6 Å². The molecule has 5 aliphatic rings. The number of halogens is 7. The maximum atomic E-state index is 13.4. The Hall–Kier alpha value is -4.79. The number of ketones is 2. The number of rotatable bonds is 9. The van der Waals surface area contributed by atoms with Gasteiger partial charge in [0.15, 0.2) is 34.9 Å². The smallest absolute Gasteiger partial charge is 0.415 e. The number of carbonyl (C=O) groups is 4. The first kappa shape index (κ1) is 53.6. The number of hydrogen-bond donors (Lipinski definition) is 1. The average Bonchev–Trinajstić information content (AvgIpc) is 4.06. The fraction of sp³-hybridized carbons (Fsp3) is 0.560. The summed E-state index contributed by atoms with van der Waals surface area (Å²) in [6, 6.07) is 4.27. The molecule has 12 nitrogen and oxygen atoms in total. The second-order valence-electron chi connectivity index (χ2n) is 19.6. The van der Waals surface area contributed by atoms with E-state index in [1.165, 1.54) is 37.0 Å². The monoisotopic (exact) mass is 1080 g/mol. The number of Topliss-reactive ketones (excluding diaryl/α,β-unsaturated/α-hetero) is 2. The molecule has 1 N–H and O–H groups in total. The van der Waals surface area contributed by atoms with E-state index in [2.05, 4.69) is 52.1 Å². The van der Waals surface area contributed by atoms with Crippen LogP contribution in [0.4, 0.5) is 36.8 Å². The molecular weight excluding hydrogens is 1020 g/mol. The number of fused-ring (bicyclic) bond motifs is 2. The van der Waals surface area contributed by atoms with Crippen LogP contribution < -0.4 is 10.2 Å². The van der Waals surface area contributed by atoms with Crippen molar-refractivity contribution < 1.29 is 55.0 Å². The van der Waals surface area contributed by atoms with Crippen LogP contribution in [-0.4, -0.2) is 74.0 Å². The summed E-state index contributed by atoms with van der Waals surface area (Å²) in [5.74, 6) is -8.19. The van der Waals surface area contributed by atoms with Crippen molar-refractivity contribution in [3.05, 3.63) is 97.6 Å². The molecule has 69 heavy (non-hydrogen) atoms. The SMILES string of the molecule is CC1(C)CCC(=O)O1.CC1(C)CN(c2cnn3c2CC(C(=O)Cc2cc(F)c(F)c(F)c2)CC3)C(=O)O1.CC[C@@H]1CCCC[C@H]1NC.O=C(Cc1cc(F)c(F)c(F)c1)C1CCn2ncc(I)c2C1. The summed E-state index contributed by atoms with van der Waals surface area (Å²) in [6.07, 6.45) is 13.2. The number of nitrogens with one attached hydrogen (secondary N) is 1. The van der Waals surface area contributed by atoms with Crippen LogP contribution in [0.3, 0.4) is 0 Å². The molecule has 2 unspecified atom stereocenters. The molecule has 376 valence electrons. The van der Waals surface area contributed by atoms with Crippen molar-refractivity contribution in [3.8, 4) is 0 Å². The van der Waals surface area contributed by atoms with Crippen molar-refractivity contribution in [1.29, 1.82) is 0 Å². The van der Waals surface area contributed by atoms with Gasteiger partial charge in [-0.15, -0.1) is 0 Å². The highest BCUT2D eigenvalue weighted by molar-refractivity contribution is 14.1. The number of cyclic esters (lactones) is 2. The van der Waals surface area contributed by atoms with Gasteiger partial charge < -0.3 is 14.8 Å². The maximum Gasteiger partial charge on any atom is 0.415 e. The van der Waals surface area contributed by atoms with E-state index in [0.29, 0.717) is 57.4 Å². The predicted molar refractivity (Wildman–Crippen MR) is 253 cm³/mol. The lowest BCUT2D eigenvalue weighted by Gasteiger charge is -2.30. The van der Waals surface area contributed by atoms with Gasteiger partial charge in [0.2, 0.25) is 0 Å².